The normalized spacial score (nSPS) is 21.4. The minimum atomic E-state index is -5.08. The summed E-state index contributed by atoms with van der Waals surface area (Å²) >= 11 is 1.77. The minimum Gasteiger partial charge on any atom is -0.475 e. The number of ether oxygens (including phenoxy) is 1. The third-order valence-electron chi connectivity index (χ3n) is 5.84. The maximum atomic E-state index is 10.6. The number of likely N-dealkylation sites (tertiary alicyclic amines) is 1. The molecule has 39 heavy (non-hydrogen) atoms. The molecule has 3 N–H and O–H groups in total. The van der Waals surface area contributed by atoms with Crippen LogP contribution in [0.3, 0.4) is 0 Å². The van der Waals surface area contributed by atoms with Crippen molar-refractivity contribution in [3.63, 3.8) is 0 Å². The SMILES string of the molecule is Cc1ncsc1CN1CC[C@]2(CCC[C@H](CNc3ccccn3)O2)C1.O=C(O)C(F)(F)F.O=C(O)C(F)(F)F. The van der Waals surface area contributed by atoms with Crippen LogP contribution in [0.1, 0.15) is 36.3 Å². The van der Waals surface area contributed by atoms with E-state index in [4.69, 9.17) is 24.5 Å². The number of carbonyl (C=O) groups is 2. The molecule has 2 aromatic rings. The molecule has 2 aliphatic rings. The fourth-order valence-corrected chi connectivity index (χ4v) is 4.81. The second-order valence-corrected chi connectivity index (χ2v) is 9.78. The standard InChI is InChI=1S/C19H26N4OS.2C2HF3O2/c1-15-17(25-14-22-15)12-23-10-8-19(13-23)7-4-5-16(24-19)11-21-18-6-2-3-9-20-18;2*3-2(4,5)1(6)7/h2-3,6,9,14,16H,4-5,7-8,10-13H2,1H3,(H,20,21);2*(H,6,7)/t16-,19-;;/m1../s1. The van der Waals surface area contributed by atoms with Gasteiger partial charge in [0.25, 0.3) is 0 Å². The number of nitrogens with zero attached hydrogens (tertiary/aromatic N) is 3. The zero-order valence-corrected chi connectivity index (χ0v) is 21.6. The number of rotatable bonds is 5. The quantitative estimate of drug-likeness (QED) is 0.426. The third-order valence-corrected chi connectivity index (χ3v) is 6.76. The van der Waals surface area contributed by atoms with Crippen LogP contribution in [0.5, 0.6) is 0 Å². The Morgan fingerprint density at radius 3 is 2.28 bits per heavy atom. The molecule has 0 amide bonds. The topological polar surface area (TPSA) is 125 Å². The summed E-state index contributed by atoms with van der Waals surface area (Å²) in [5, 5.41) is 17.7. The first kappa shape index (κ1) is 32.2. The van der Waals surface area contributed by atoms with Crippen molar-refractivity contribution in [2.75, 3.05) is 25.0 Å². The third kappa shape index (κ3) is 11.0. The van der Waals surface area contributed by atoms with Crippen molar-refractivity contribution in [1.82, 2.24) is 14.9 Å². The van der Waals surface area contributed by atoms with Gasteiger partial charge in [0.15, 0.2) is 0 Å². The summed E-state index contributed by atoms with van der Waals surface area (Å²) in [6, 6.07) is 5.96. The van der Waals surface area contributed by atoms with E-state index in [1.807, 2.05) is 29.9 Å². The smallest absolute Gasteiger partial charge is 0.475 e. The van der Waals surface area contributed by atoms with Gasteiger partial charge in [0, 0.05) is 37.3 Å². The minimum absolute atomic E-state index is 0.0489. The molecule has 0 bridgehead atoms. The molecule has 0 radical (unpaired) electrons. The maximum absolute atomic E-state index is 10.6. The zero-order valence-electron chi connectivity index (χ0n) is 20.8. The van der Waals surface area contributed by atoms with Crippen molar-refractivity contribution in [3.05, 3.63) is 40.5 Å². The zero-order chi connectivity index (χ0) is 29.3. The molecule has 0 unspecified atom stereocenters. The summed E-state index contributed by atoms with van der Waals surface area (Å²) in [7, 11) is 0. The Morgan fingerprint density at radius 2 is 1.77 bits per heavy atom. The molecule has 4 heterocycles. The average molecular weight is 587 g/mol. The number of aromatic nitrogens is 2. The highest BCUT2D eigenvalue weighted by Crippen LogP contribution is 2.37. The molecule has 16 heteroatoms. The number of halogens is 6. The van der Waals surface area contributed by atoms with E-state index in [1.165, 1.54) is 23.4 Å². The monoisotopic (exact) mass is 586 g/mol. The van der Waals surface area contributed by atoms with E-state index in [0.717, 1.165) is 44.8 Å². The number of alkyl halides is 6. The molecule has 1 spiro atoms. The summed E-state index contributed by atoms with van der Waals surface area (Å²) in [6.45, 7) is 6.13. The molecule has 0 aliphatic carbocycles. The molecule has 2 fully saturated rings. The van der Waals surface area contributed by atoms with Crippen molar-refractivity contribution in [2.24, 2.45) is 0 Å². The fraction of sp³-hybridized carbons (Fsp3) is 0.565. The maximum Gasteiger partial charge on any atom is 0.490 e. The number of nitrogens with one attached hydrogen (secondary N) is 1. The Hall–Kier alpha value is -2.98. The second kappa shape index (κ2) is 13.9. The second-order valence-electron chi connectivity index (χ2n) is 8.84. The summed E-state index contributed by atoms with van der Waals surface area (Å²) in [4.78, 5) is 30.4. The van der Waals surface area contributed by atoms with Crippen molar-refractivity contribution < 1.29 is 50.9 Å². The van der Waals surface area contributed by atoms with E-state index >= 15 is 0 Å². The van der Waals surface area contributed by atoms with Crippen LogP contribution in [0.4, 0.5) is 32.2 Å². The number of anilines is 1. The number of thiazole rings is 1. The van der Waals surface area contributed by atoms with Gasteiger partial charge in [0.05, 0.1) is 22.9 Å². The Morgan fingerprint density at radius 1 is 1.13 bits per heavy atom. The first-order valence-corrected chi connectivity index (χ1v) is 12.5. The van der Waals surface area contributed by atoms with Crippen molar-refractivity contribution in [1.29, 1.82) is 0 Å². The number of hydrogen-bond acceptors (Lipinski definition) is 8. The molecule has 2 aromatic heterocycles. The van der Waals surface area contributed by atoms with Gasteiger partial charge in [-0.15, -0.1) is 11.3 Å². The number of pyridine rings is 1. The Labute approximate surface area is 223 Å². The summed E-state index contributed by atoms with van der Waals surface area (Å²) in [5.74, 6) is -4.58. The van der Waals surface area contributed by atoms with Gasteiger partial charge in [-0.1, -0.05) is 6.07 Å². The number of carboxylic acid groups (broad SMARTS) is 2. The molecule has 2 saturated heterocycles. The molecular weight excluding hydrogens is 558 g/mol. The van der Waals surface area contributed by atoms with Gasteiger partial charge in [-0.25, -0.2) is 19.6 Å². The lowest BCUT2D eigenvalue weighted by atomic mass is 9.90. The summed E-state index contributed by atoms with van der Waals surface area (Å²) < 4.78 is 70.1. The van der Waals surface area contributed by atoms with Crippen LogP contribution >= 0.6 is 11.3 Å². The molecule has 9 nitrogen and oxygen atoms in total. The average Bonchev–Trinajstić information content (AvgIpc) is 3.43. The van der Waals surface area contributed by atoms with E-state index < -0.39 is 24.3 Å². The van der Waals surface area contributed by atoms with E-state index in [0.29, 0.717) is 0 Å². The van der Waals surface area contributed by atoms with E-state index in [2.05, 4.69) is 27.1 Å². The summed E-state index contributed by atoms with van der Waals surface area (Å²) in [6.07, 6.45) is -3.35. The van der Waals surface area contributed by atoms with Crippen LogP contribution < -0.4 is 5.32 Å². The first-order chi connectivity index (χ1) is 18.1. The van der Waals surface area contributed by atoms with Gasteiger partial charge >= 0.3 is 24.3 Å². The highest BCUT2D eigenvalue weighted by Gasteiger charge is 2.43. The van der Waals surface area contributed by atoms with Crippen molar-refractivity contribution >= 4 is 29.1 Å². The van der Waals surface area contributed by atoms with E-state index in [9.17, 15) is 26.3 Å². The number of aryl methyl sites for hydroxylation is 1. The Kier molecular flexibility index (Phi) is 11.5. The van der Waals surface area contributed by atoms with Gasteiger partial charge in [0.1, 0.15) is 5.82 Å². The van der Waals surface area contributed by atoms with Crippen LogP contribution in [0.15, 0.2) is 29.9 Å². The molecule has 218 valence electrons. The van der Waals surface area contributed by atoms with Crippen molar-refractivity contribution in [2.45, 2.75) is 63.2 Å². The van der Waals surface area contributed by atoms with Crippen LogP contribution in [0, 0.1) is 6.92 Å². The van der Waals surface area contributed by atoms with Crippen LogP contribution in [0.2, 0.25) is 0 Å². The molecule has 0 saturated carbocycles. The predicted octanol–water partition coefficient (Wildman–Crippen LogP) is 4.74. The summed E-state index contributed by atoms with van der Waals surface area (Å²) in [5.41, 5.74) is 3.17. The van der Waals surface area contributed by atoms with Crippen molar-refractivity contribution in [3.8, 4) is 0 Å². The van der Waals surface area contributed by atoms with Gasteiger partial charge in [-0.05, 0) is 44.7 Å². The lowest BCUT2D eigenvalue weighted by Crippen LogP contribution is -2.45. The van der Waals surface area contributed by atoms with Gasteiger partial charge in [-0.2, -0.15) is 26.3 Å². The molecule has 2 aliphatic heterocycles. The first-order valence-electron chi connectivity index (χ1n) is 11.7. The molecule has 2 atom stereocenters. The van der Waals surface area contributed by atoms with E-state index in [-0.39, 0.29) is 11.7 Å². The Bertz CT molecular complexity index is 1050. The molecule has 4 rings (SSSR count). The lowest BCUT2D eigenvalue weighted by Gasteiger charge is -2.39. The van der Waals surface area contributed by atoms with Crippen LogP contribution in [-0.2, 0) is 20.9 Å². The highest BCUT2D eigenvalue weighted by molar-refractivity contribution is 7.09. The van der Waals surface area contributed by atoms with Gasteiger partial charge in [-0.3, -0.25) is 4.90 Å². The van der Waals surface area contributed by atoms with Gasteiger partial charge in [0.2, 0.25) is 0 Å². The lowest BCUT2D eigenvalue weighted by molar-refractivity contribution is -0.193. The highest BCUT2D eigenvalue weighted by atomic mass is 32.1. The fourth-order valence-electron chi connectivity index (χ4n) is 4.00. The number of hydrogen-bond donors (Lipinski definition) is 3. The van der Waals surface area contributed by atoms with E-state index in [1.54, 1.807) is 11.3 Å². The molecule has 0 aromatic carbocycles. The Balaban J connectivity index is 0.000000317. The predicted molar refractivity (Wildman–Crippen MR) is 128 cm³/mol. The molecular formula is C23H28F6N4O5S. The number of carboxylic acids is 2. The van der Waals surface area contributed by atoms with Gasteiger partial charge < -0.3 is 20.3 Å². The van der Waals surface area contributed by atoms with Crippen LogP contribution in [-0.4, -0.2) is 80.7 Å². The number of aliphatic carboxylic acids is 2. The largest absolute Gasteiger partial charge is 0.490 e. The van der Waals surface area contributed by atoms with Crippen LogP contribution in [0.25, 0.3) is 0 Å².